The lowest BCUT2D eigenvalue weighted by Crippen LogP contribution is -1.89. The van der Waals surface area contributed by atoms with E-state index in [-0.39, 0.29) is 0 Å². The van der Waals surface area contributed by atoms with E-state index in [4.69, 9.17) is 0 Å². The molecule has 0 unspecified atom stereocenters. The lowest BCUT2D eigenvalue weighted by atomic mass is 9.87. The second-order valence-corrected chi connectivity index (χ2v) is 14.8. The van der Waals surface area contributed by atoms with Crippen LogP contribution in [0.15, 0.2) is 194 Å². The predicted octanol–water partition coefficient (Wildman–Crippen LogP) is 15.3. The summed E-state index contributed by atoms with van der Waals surface area (Å²) in [4.78, 5) is 0. The van der Waals surface area contributed by atoms with E-state index in [1.54, 1.807) is 0 Å². The van der Waals surface area contributed by atoms with Gasteiger partial charge in [0.1, 0.15) is 0 Å². The van der Waals surface area contributed by atoms with Gasteiger partial charge in [-0.05, 0) is 157 Å². The van der Waals surface area contributed by atoms with Crippen molar-refractivity contribution in [2.45, 2.75) is 0 Å². The van der Waals surface area contributed by atoms with Crippen molar-refractivity contribution < 1.29 is 0 Å². The van der Waals surface area contributed by atoms with Crippen molar-refractivity contribution in [2.75, 3.05) is 0 Å². The van der Waals surface area contributed by atoms with Crippen molar-refractivity contribution >= 4 is 64.6 Å². The highest BCUT2D eigenvalue weighted by Crippen LogP contribution is 2.48. The molecule has 0 bridgehead atoms. The van der Waals surface area contributed by atoms with Gasteiger partial charge in [-0.2, -0.15) is 0 Å². The normalized spacial score (nSPS) is 12.1. The molecule has 11 aromatic rings. The van der Waals surface area contributed by atoms with Crippen LogP contribution in [0.1, 0.15) is 0 Å². The molecule has 0 nitrogen and oxygen atoms in total. The third-order valence-electron chi connectivity index (χ3n) is 11.9. The number of hydrogen-bond acceptors (Lipinski definition) is 0. The lowest BCUT2D eigenvalue weighted by molar-refractivity contribution is 1.63. The molecule has 248 valence electrons. The van der Waals surface area contributed by atoms with Crippen LogP contribution < -0.4 is 0 Å². The van der Waals surface area contributed by atoms with Gasteiger partial charge in [-0.1, -0.05) is 158 Å². The van der Waals surface area contributed by atoms with Crippen LogP contribution in [-0.4, -0.2) is 0 Å². The Hall–Kier alpha value is -7.02. The summed E-state index contributed by atoms with van der Waals surface area (Å²) in [5.74, 6) is 0. The van der Waals surface area contributed by atoms with Crippen LogP contribution in [0.4, 0.5) is 0 Å². The van der Waals surface area contributed by atoms with E-state index in [1.807, 2.05) is 0 Å². The molecular formula is C54H32. The van der Waals surface area contributed by atoms with E-state index in [0.717, 1.165) is 0 Å². The molecule has 54 heavy (non-hydrogen) atoms. The van der Waals surface area contributed by atoms with E-state index in [2.05, 4.69) is 194 Å². The molecule has 0 radical (unpaired) electrons. The van der Waals surface area contributed by atoms with Crippen molar-refractivity contribution in [3.63, 3.8) is 0 Å². The van der Waals surface area contributed by atoms with Gasteiger partial charge in [0, 0.05) is 0 Å². The van der Waals surface area contributed by atoms with Crippen molar-refractivity contribution in [1.29, 1.82) is 0 Å². The minimum Gasteiger partial charge on any atom is -0.0616 e. The molecule has 0 aliphatic heterocycles. The number of benzene rings is 11. The zero-order chi connectivity index (χ0) is 35.3. The second-order valence-electron chi connectivity index (χ2n) is 14.8. The first-order chi connectivity index (χ1) is 26.7. The van der Waals surface area contributed by atoms with Gasteiger partial charge >= 0.3 is 0 Å². The molecule has 0 saturated carbocycles. The van der Waals surface area contributed by atoms with E-state index in [9.17, 15) is 0 Å². The number of hydrogen-bond donors (Lipinski definition) is 0. The van der Waals surface area contributed by atoms with Gasteiger partial charge in [-0.15, -0.1) is 0 Å². The topological polar surface area (TPSA) is 0 Å². The largest absolute Gasteiger partial charge is 0.0616 e. The Morgan fingerprint density at radius 1 is 0.185 bits per heavy atom. The maximum atomic E-state index is 2.42. The first-order valence-electron chi connectivity index (χ1n) is 18.8. The van der Waals surface area contributed by atoms with Gasteiger partial charge in [-0.25, -0.2) is 0 Å². The van der Waals surface area contributed by atoms with Gasteiger partial charge < -0.3 is 0 Å². The van der Waals surface area contributed by atoms with Crippen LogP contribution >= 0.6 is 0 Å². The Bertz CT molecular complexity index is 3360. The van der Waals surface area contributed by atoms with Crippen LogP contribution in [0.25, 0.3) is 120 Å². The van der Waals surface area contributed by atoms with Crippen molar-refractivity contribution in [1.82, 2.24) is 0 Å². The highest BCUT2D eigenvalue weighted by molar-refractivity contribution is 6.24. The summed E-state index contributed by atoms with van der Waals surface area (Å²) in [5.41, 5.74) is 12.8. The number of rotatable bonds is 3. The first kappa shape index (κ1) is 29.5. The molecule has 0 heteroatoms. The monoisotopic (exact) mass is 680 g/mol. The summed E-state index contributed by atoms with van der Waals surface area (Å²) in [7, 11) is 0. The minimum absolute atomic E-state index is 1.23. The molecule has 0 saturated heterocycles. The molecule has 1 aliphatic carbocycles. The first-order valence-corrected chi connectivity index (χ1v) is 18.8. The van der Waals surface area contributed by atoms with Gasteiger partial charge in [0.2, 0.25) is 0 Å². The third kappa shape index (κ3) is 4.32. The summed E-state index contributed by atoms with van der Waals surface area (Å²) in [6.45, 7) is 0. The molecule has 0 atom stereocenters. The van der Waals surface area contributed by atoms with Gasteiger partial charge in [-0.3, -0.25) is 0 Å². The molecular weight excluding hydrogens is 649 g/mol. The van der Waals surface area contributed by atoms with E-state index in [1.165, 1.54) is 120 Å². The van der Waals surface area contributed by atoms with Gasteiger partial charge in [0.15, 0.2) is 0 Å². The summed E-state index contributed by atoms with van der Waals surface area (Å²) in [6, 6.07) is 72.4. The molecule has 0 N–H and O–H groups in total. The summed E-state index contributed by atoms with van der Waals surface area (Å²) in [5, 5.41) is 15.4. The molecule has 12 rings (SSSR count). The zero-order valence-corrected chi connectivity index (χ0v) is 29.5. The molecule has 0 amide bonds. The average molecular weight is 681 g/mol. The zero-order valence-electron chi connectivity index (χ0n) is 29.5. The van der Waals surface area contributed by atoms with Crippen LogP contribution in [-0.2, 0) is 0 Å². The maximum absolute atomic E-state index is 2.42. The fourth-order valence-electron chi connectivity index (χ4n) is 9.38. The molecule has 0 aromatic heterocycles. The fraction of sp³-hybridized carbons (Fsp3) is 0. The van der Waals surface area contributed by atoms with Crippen LogP contribution in [0.5, 0.6) is 0 Å². The van der Waals surface area contributed by atoms with E-state index >= 15 is 0 Å². The predicted molar refractivity (Wildman–Crippen MR) is 232 cm³/mol. The highest BCUT2D eigenvalue weighted by Gasteiger charge is 2.21. The Kier molecular flexibility index (Phi) is 6.15. The Balaban J connectivity index is 0.997. The van der Waals surface area contributed by atoms with Crippen LogP contribution in [0, 0.1) is 0 Å². The molecule has 0 fully saturated rings. The maximum Gasteiger partial charge on any atom is -0.00206 e. The summed E-state index contributed by atoms with van der Waals surface area (Å²) < 4.78 is 0. The van der Waals surface area contributed by atoms with Gasteiger partial charge in [0.25, 0.3) is 0 Å². The van der Waals surface area contributed by atoms with E-state index < -0.39 is 0 Å². The molecule has 0 heterocycles. The Morgan fingerprint density at radius 2 is 0.704 bits per heavy atom. The minimum atomic E-state index is 1.23. The highest BCUT2D eigenvalue weighted by atomic mass is 14.2. The summed E-state index contributed by atoms with van der Waals surface area (Å²) in [6.07, 6.45) is 0. The average Bonchev–Trinajstić information content (AvgIpc) is 3.56. The number of fused-ring (bicyclic) bond motifs is 10. The summed E-state index contributed by atoms with van der Waals surface area (Å²) >= 11 is 0. The third-order valence-corrected chi connectivity index (χ3v) is 11.9. The Morgan fingerprint density at radius 3 is 1.50 bits per heavy atom. The standard InChI is InChI=1S/C54H32/c1-5-15-44-33(9-1)23-26-49-51(31-40-11-3-6-16-45(40)54(44)49)42-29-39-10-2-4-14-43(39)50(32-42)41-22-21-35-27-36(19-20-37(35)28-41)38-24-25-46-47-17-7-12-34-13-8-18-48(53(34)47)52(46)30-38/h1-32H. The SMILES string of the molecule is c1ccc2c(-c3ccc4cc(-c5ccc6c(c5)-c5cccc7cccc-6c57)ccc4c3)cc(-c3cc4ccccc4c4c3ccc3ccccc34)cc2c1. The Labute approximate surface area is 313 Å². The van der Waals surface area contributed by atoms with Crippen molar-refractivity contribution in [3.8, 4) is 55.6 Å². The van der Waals surface area contributed by atoms with Crippen molar-refractivity contribution in [2.24, 2.45) is 0 Å². The smallest absolute Gasteiger partial charge is 0.00206 e. The van der Waals surface area contributed by atoms with Crippen molar-refractivity contribution in [3.05, 3.63) is 194 Å². The van der Waals surface area contributed by atoms with Crippen LogP contribution in [0.2, 0.25) is 0 Å². The van der Waals surface area contributed by atoms with Gasteiger partial charge in [0.05, 0.1) is 0 Å². The molecule has 1 aliphatic rings. The lowest BCUT2D eigenvalue weighted by Gasteiger charge is -2.16. The fourth-order valence-corrected chi connectivity index (χ4v) is 9.38. The van der Waals surface area contributed by atoms with Crippen LogP contribution in [0.3, 0.4) is 0 Å². The van der Waals surface area contributed by atoms with E-state index in [0.29, 0.717) is 0 Å². The molecule has 0 spiro atoms. The quantitative estimate of drug-likeness (QED) is 0.163. The molecule has 11 aromatic carbocycles. The second kappa shape index (κ2) is 11.2.